The number of halogens is 4. The molecule has 740 valence electrons. The van der Waals surface area contributed by atoms with Crippen molar-refractivity contribution in [2.24, 2.45) is 5.73 Å². The second-order valence-electron chi connectivity index (χ2n) is 34.2. The van der Waals surface area contributed by atoms with Gasteiger partial charge in [-0.1, -0.05) is 115 Å². The van der Waals surface area contributed by atoms with Crippen LogP contribution in [0.1, 0.15) is 146 Å². The summed E-state index contributed by atoms with van der Waals surface area (Å²) in [7, 11) is 6.57. The van der Waals surface area contributed by atoms with Gasteiger partial charge in [-0.25, -0.2) is 28.9 Å². The molecule has 0 aliphatic carbocycles. The fraction of sp³-hybridized carbons (Fsp3) is 0.438. The van der Waals surface area contributed by atoms with Gasteiger partial charge in [0.1, 0.15) is 55.3 Å². The number of guanidine groups is 2. The van der Waals surface area contributed by atoms with Crippen LogP contribution in [0.2, 0.25) is 0 Å². The molecule has 7 aromatic rings. The van der Waals surface area contributed by atoms with Crippen LogP contribution in [0, 0.1) is 35.6 Å². The van der Waals surface area contributed by atoms with Crippen LogP contribution >= 0.6 is 0 Å². The Kier molecular flexibility index (Phi) is 40.7. The van der Waals surface area contributed by atoms with Crippen molar-refractivity contribution in [3.8, 4) is 6.07 Å². The molecule has 139 heavy (non-hydrogen) atoms. The topological polar surface area (TPSA) is 545 Å². The van der Waals surface area contributed by atoms with Crippen LogP contribution in [-0.4, -0.2) is 265 Å². The summed E-state index contributed by atoms with van der Waals surface area (Å²) in [6, 6.07) is 28.1. The van der Waals surface area contributed by atoms with Crippen molar-refractivity contribution in [2.45, 2.75) is 189 Å². The minimum absolute atomic E-state index is 0.00511. The number of nitrogens with two attached hydrogens (primary N) is 1. The lowest BCUT2D eigenvalue weighted by molar-refractivity contribution is -0.149. The summed E-state index contributed by atoms with van der Waals surface area (Å²) in [5.74, 6) is -17.6. The normalized spacial score (nSPS) is 15.2. The predicted molar refractivity (Wildman–Crippen MR) is 506 cm³/mol. The molecule has 17 N–H and O–H groups in total. The van der Waals surface area contributed by atoms with Gasteiger partial charge >= 0.3 is 12.1 Å². The third-order valence-corrected chi connectivity index (χ3v) is 22.8. The molecule has 0 unspecified atom stereocenters. The summed E-state index contributed by atoms with van der Waals surface area (Å²) in [6.45, 7) is 6.10. The van der Waals surface area contributed by atoms with E-state index in [9.17, 15) is 80.4 Å². The summed E-state index contributed by atoms with van der Waals surface area (Å²) in [5.41, 5.74) is 9.17. The molecule has 0 spiro atoms. The highest BCUT2D eigenvalue weighted by Gasteiger charge is 2.51. The van der Waals surface area contributed by atoms with Crippen LogP contribution in [0.3, 0.4) is 0 Å². The predicted octanol–water partition coefficient (Wildman–Crippen LogP) is 4.85. The number of fused-ring (bicyclic) bond motifs is 2. The Morgan fingerprint density at radius 2 is 0.906 bits per heavy atom. The van der Waals surface area contributed by atoms with Gasteiger partial charge in [-0.05, 0) is 119 Å². The number of para-hydroxylation sites is 2. The minimum atomic E-state index is -3.29. The molecule has 0 bridgehead atoms. The molecule has 2 fully saturated rings. The van der Waals surface area contributed by atoms with Crippen LogP contribution in [0.5, 0.6) is 0 Å². The number of amides is 13. The molecule has 9 rings (SSSR count). The number of nitriles is 1. The number of carbonyl (C=O) groups is 14. The summed E-state index contributed by atoms with van der Waals surface area (Å²) < 4.78 is 62.4. The molecule has 8 atom stereocenters. The number of unbranched alkanes of at least 4 members (excludes halogenated alkanes) is 2. The van der Waals surface area contributed by atoms with E-state index in [4.69, 9.17) is 27.9 Å². The molecule has 0 radical (unpaired) electrons. The lowest BCUT2D eigenvalue weighted by atomic mass is 10.0. The quantitative estimate of drug-likeness (QED) is 0.00605. The molecular weight excluding hydrogens is 1810 g/mol. The Morgan fingerprint density at radius 3 is 1.39 bits per heavy atom. The van der Waals surface area contributed by atoms with Crippen molar-refractivity contribution in [1.82, 2.24) is 88.1 Å². The van der Waals surface area contributed by atoms with Crippen LogP contribution < -0.4 is 74.9 Å². The molecular formula is C96H118F4N24O15. The Morgan fingerprint density at radius 1 is 0.489 bits per heavy atom. The maximum absolute atomic E-state index is 15.3. The fourth-order valence-corrected chi connectivity index (χ4v) is 15.3. The van der Waals surface area contributed by atoms with Crippen LogP contribution in [0.4, 0.5) is 28.9 Å². The monoisotopic (exact) mass is 1920 g/mol. The number of benzene rings is 5. The number of rotatable bonds is 49. The number of aromatic nitrogens is 2. The summed E-state index contributed by atoms with van der Waals surface area (Å²) >= 11 is 0. The Balaban J connectivity index is 0.887. The van der Waals surface area contributed by atoms with E-state index in [1.807, 2.05) is 19.1 Å². The molecule has 4 heterocycles. The molecule has 5 aromatic carbocycles. The van der Waals surface area contributed by atoms with Crippen molar-refractivity contribution >= 4 is 128 Å². The van der Waals surface area contributed by atoms with Crippen molar-refractivity contribution < 1.29 is 89.4 Å². The van der Waals surface area contributed by atoms with Gasteiger partial charge < -0.3 is 94.3 Å². The maximum atomic E-state index is 15.3. The van der Waals surface area contributed by atoms with Crippen molar-refractivity contribution in [1.29, 1.82) is 16.1 Å². The zero-order chi connectivity index (χ0) is 101. The lowest BCUT2D eigenvalue weighted by Gasteiger charge is -2.27. The average Bonchev–Trinajstić information content (AvgIpc) is 1.56. The second kappa shape index (κ2) is 52.7. The molecule has 2 aliphatic rings. The number of nitrogens with one attached hydrogen (secondary N) is 15. The Hall–Kier alpha value is -15.3. The van der Waals surface area contributed by atoms with Crippen LogP contribution in [-0.2, 0) is 81.7 Å². The number of alkyl halides is 4. The third kappa shape index (κ3) is 33.6. The second-order valence-corrected chi connectivity index (χ2v) is 34.2. The number of esters is 1. The number of anilines is 2. The van der Waals surface area contributed by atoms with E-state index in [2.05, 4.69) is 83.9 Å². The largest absolute Gasteiger partial charge is 0.459 e. The molecule has 13 amide bonds. The number of likely N-dealkylation sites (tertiary alicyclic amines) is 2. The molecule has 2 aromatic heterocycles. The Bertz CT molecular complexity index is 5630. The maximum Gasteiger partial charge on any atom is 0.328 e. The van der Waals surface area contributed by atoms with Gasteiger partial charge in [-0.3, -0.25) is 92.9 Å². The summed E-state index contributed by atoms with van der Waals surface area (Å²) in [4.78, 5) is 214. The van der Waals surface area contributed by atoms with E-state index < -0.39 is 208 Å². The SMILES string of the molecule is [C-]#[N+][C@@H]1CC(F)(F)CN1C(=O)CNC(=O)c1ccnc2c(NC(=O)CCC(=O)N[C@@H](CCCNC(=N)N(C)C)C(=O)N[C@@H](Cc3ccccc3)C(=O)NCCCC[C@H](NC(=O)[C@H](Cc3ccccc3)NC(=O)[C@H](CCCNC(=N)N(C)C)NC(=O)CCC(=O)Nc3cccc4c(C(=O)NCC(=O)N5CC(F)(F)C[C@H]5C#N)ccnc34)C(=O)N[C@@H](CCCCN)C(=O)OCc3ccc(C)cc3)cccc12. The number of carbonyl (C=O) groups excluding carboxylic acids is 14. The first kappa shape index (κ1) is 107. The minimum Gasteiger partial charge on any atom is -0.459 e. The molecule has 0 saturated carbocycles. The number of aryl methyl sites for hydroxylation is 1. The van der Waals surface area contributed by atoms with Gasteiger partial charge in [0.25, 0.3) is 23.7 Å². The first-order chi connectivity index (χ1) is 66.4. The van der Waals surface area contributed by atoms with Gasteiger partial charge in [-0.2, -0.15) is 5.26 Å². The van der Waals surface area contributed by atoms with E-state index in [0.29, 0.717) is 39.3 Å². The standard InChI is InChI=1S/C96H118F4N24O15/c1-59-33-35-62(36-34-59)56-139-92(138)73(28-13-15-43-101)118-90(136)72(117-91(137)75(50-61-23-11-8-12-24-61)120-89(135)71(32-20-46-110-94(104)122(5)6)116-80(128)40-38-78(126)113-68-29-17-25-64-66(41-47-106-83(64)68)85(131)111-54-81(129)123-57-95(97,98)51-63(123)53-102)27-14-16-44-108-87(133)74(49-60-21-9-7-10-22-60)119-88(134)70(31-19-45-109-93(103)121(3)4)115-79(127)39-37-77(125)114-69-30-18-26-65-67(42-48-107-84(65)69)86(132)112-55-82(130)124-58-96(99,100)52-76(124)105-2/h7-12,17-18,21-26,29-30,33-36,41-42,47-48,63,70-76H,13-16,19-20,27-28,31-32,37-40,43-46,49-52,54-58,101H2,1,3-6H3,(H2,103,109)(H2,104,110)(H,108,133)(H,111,131)(H,112,132)(H,113,126)(H,114,125)(H,115,127)(H,116,128)(H,117,137)(H,118,136)(H,119,134)(H,120,135)/t63-,70-,71-,72-,73-,74-,75-,76-/m0/s1. The van der Waals surface area contributed by atoms with Gasteiger partial charge in [0.15, 0.2) is 11.9 Å². The number of hydrogen-bond donors (Lipinski definition) is 16. The average molecular weight is 1920 g/mol. The first-order valence-electron chi connectivity index (χ1n) is 45.5. The van der Waals surface area contributed by atoms with E-state index in [-0.39, 0.29) is 153 Å². The highest BCUT2D eigenvalue weighted by Crippen LogP contribution is 2.34. The zero-order valence-electron chi connectivity index (χ0n) is 77.9. The molecule has 39 nitrogen and oxygen atoms in total. The smallest absolute Gasteiger partial charge is 0.328 e. The first-order valence-corrected chi connectivity index (χ1v) is 45.5. The van der Waals surface area contributed by atoms with E-state index in [0.717, 1.165) is 5.56 Å². The van der Waals surface area contributed by atoms with Crippen LogP contribution in [0.25, 0.3) is 26.7 Å². The summed E-state index contributed by atoms with van der Waals surface area (Å²) in [5, 5.41) is 62.0. The van der Waals surface area contributed by atoms with Crippen molar-refractivity contribution in [2.75, 3.05) is 91.2 Å². The van der Waals surface area contributed by atoms with Gasteiger partial charge in [0, 0.05) is 116 Å². The zero-order valence-corrected chi connectivity index (χ0v) is 77.9. The fourth-order valence-electron chi connectivity index (χ4n) is 15.3. The molecule has 2 aliphatic heterocycles. The molecule has 43 heteroatoms. The highest BCUT2D eigenvalue weighted by molar-refractivity contribution is 6.12. The van der Waals surface area contributed by atoms with Crippen molar-refractivity contribution in [3.63, 3.8) is 0 Å². The lowest BCUT2D eigenvalue weighted by Crippen LogP contribution is -2.58. The van der Waals surface area contributed by atoms with Crippen LogP contribution in [0.15, 0.2) is 146 Å². The number of nitrogens with zero attached hydrogens (tertiary/aromatic N) is 8. The van der Waals surface area contributed by atoms with Gasteiger partial charge in [-0.15, -0.1) is 0 Å². The number of ether oxygens (including phenoxy) is 1. The van der Waals surface area contributed by atoms with E-state index >= 15 is 9.59 Å². The van der Waals surface area contributed by atoms with Gasteiger partial charge in [0.05, 0.1) is 65.8 Å². The highest BCUT2D eigenvalue weighted by atomic mass is 19.3. The number of pyridine rings is 2. The summed E-state index contributed by atoms with van der Waals surface area (Å²) in [6.07, 6.45) is -1.57. The number of hydrogen-bond acceptors (Lipinski definition) is 21. The molecule has 2 saturated heterocycles. The Labute approximate surface area is 800 Å². The van der Waals surface area contributed by atoms with E-state index in [1.165, 1.54) is 70.7 Å². The van der Waals surface area contributed by atoms with E-state index in [1.54, 1.807) is 107 Å². The van der Waals surface area contributed by atoms with Gasteiger partial charge in [0.2, 0.25) is 65.0 Å². The third-order valence-electron chi connectivity index (χ3n) is 22.8. The van der Waals surface area contributed by atoms with Crippen molar-refractivity contribution in [3.05, 3.63) is 191 Å².